The fraction of sp³-hybridized carbons (Fsp3) is 0. The summed E-state index contributed by atoms with van der Waals surface area (Å²) in [5.74, 6) is 0. The van der Waals surface area contributed by atoms with Crippen LogP contribution in [0.2, 0.25) is 0 Å². The Bertz CT molecular complexity index is 655. The van der Waals surface area contributed by atoms with E-state index in [0.717, 1.165) is 13.4 Å². The summed E-state index contributed by atoms with van der Waals surface area (Å²) in [5.41, 5.74) is 0. The summed E-state index contributed by atoms with van der Waals surface area (Å²) in [6, 6.07) is 12.9. The molecule has 1 heterocycles. The van der Waals surface area contributed by atoms with Gasteiger partial charge in [-0.1, -0.05) is 46.8 Å². The van der Waals surface area contributed by atoms with Crippen LogP contribution in [0, 0.1) is 0 Å². The van der Waals surface area contributed by atoms with E-state index in [1.54, 1.807) is 0 Å². The topological polar surface area (TPSA) is 0 Å². The highest BCUT2D eigenvalue weighted by atomic mass is 31.0. The van der Waals surface area contributed by atoms with Gasteiger partial charge < -0.3 is 0 Å². The Kier molecular flexibility index (Phi) is 2.09. The van der Waals surface area contributed by atoms with Crippen LogP contribution in [0.3, 0.4) is 0 Å². The van der Waals surface area contributed by atoms with Gasteiger partial charge in [-0.05, 0) is 21.0 Å². The first-order valence-corrected chi connectivity index (χ1v) is 6.74. The van der Waals surface area contributed by atoms with Crippen molar-refractivity contribution in [3.8, 4) is 0 Å². The van der Waals surface area contributed by atoms with Crippen LogP contribution in [0.5, 0.6) is 0 Å². The number of hydrogen-bond donors (Lipinski definition) is 0. The third kappa shape index (κ3) is 1.33. The second-order valence-electron chi connectivity index (χ2n) is 3.58. The van der Waals surface area contributed by atoms with Crippen molar-refractivity contribution in [2.45, 2.75) is 0 Å². The molecule has 0 aliphatic rings. The normalized spacial score (nSPS) is 11.9. The standard InChI is InChI=1S/C12H7PSi2/c14-10-6-5-9-11(12(10)15)7-3-1-2-4-8(7)13-9/h1-6,13H. The van der Waals surface area contributed by atoms with Crippen molar-refractivity contribution < 1.29 is 0 Å². The fourth-order valence-corrected chi connectivity index (χ4v) is 3.99. The van der Waals surface area contributed by atoms with Gasteiger partial charge in [-0.15, -0.1) is 8.19 Å². The molecular formula is C12H7PSi2. The van der Waals surface area contributed by atoms with E-state index in [1.807, 2.05) is 0 Å². The van der Waals surface area contributed by atoms with E-state index in [9.17, 15) is 0 Å². The first-order chi connectivity index (χ1) is 7.27. The molecule has 3 rings (SSSR count). The third-order valence-corrected chi connectivity index (χ3v) is 5.25. The summed E-state index contributed by atoms with van der Waals surface area (Å²) >= 11 is 0. The van der Waals surface area contributed by atoms with E-state index in [4.69, 9.17) is 0 Å². The molecule has 0 saturated heterocycles. The minimum atomic E-state index is 0.791. The predicted octanol–water partition coefficient (Wildman–Crippen LogP) is 1.61. The summed E-state index contributed by atoms with van der Waals surface area (Å²) in [5, 5.41) is 7.89. The highest BCUT2D eigenvalue weighted by molar-refractivity contribution is 7.44. The Morgan fingerprint density at radius 1 is 0.867 bits per heavy atom. The fourth-order valence-electron chi connectivity index (χ4n) is 1.94. The average molecular weight is 238 g/mol. The van der Waals surface area contributed by atoms with Crippen molar-refractivity contribution in [2.24, 2.45) is 0 Å². The smallest absolute Gasteiger partial charge is 0.0718 e. The van der Waals surface area contributed by atoms with Crippen molar-refractivity contribution in [1.82, 2.24) is 0 Å². The molecule has 0 fully saturated rings. The second kappa shape index (κ2) is 3.34. The number of rotatable bonds is 0. The zero-order valence-electron chi connectivity index (χ0n) is 7.96. The van der Waals surface area contributed by atoms with E-state index in [2.05, 4.69) is 56.9 Å². The summed E-state index contributed by atoms with van der Waals surface area (Å²) in [6.45, 7) is 0. The van der Waals surface area contributed by atoms with Gasteiger partial charge in [-0.3, -0.25) is 0 Å². The van der Waals surface area contributed by atoms with Crippen LogP contribution >= 0.6 is 8.19 Å². The summed E-state index contributed by atoms with van der Waals surface area (Å²) in [4.78, 5) is 0. The maximum absolute atomic E-state index is 3.71. The Morgan fingerprint density at radius 2 is 1.67 bits per heavy atom. The highest BCUT2D eigenvalue weighted by Gasteiger charge is 2.06. The molecule has 0 saturated carbocycles. The van der Waals surface area contributed by atoms with Crippen molar-refractivity contribution in [3.05, 3.63) is 36.4 Å². The lowest BCUT2D eigenvalue weighted by atomic mass is 10.1. The maximum Gasteiger partial charge on any atom is 0.0718 e. The van der Waals surface area contributed by atoms with E-state index in [-0.39, 0.29) is 0 Å². The van der Waals surface area contributed by atoms with Crippen molar-refractivity contribution in [3.63, 3.8) is 0 Å². The van der Waals surface area contributed by atoms with Crippen molar-refractivity contribution in [1.29, 1.82) is 0 Å². The molecule has 0 N–H and O–H groups in total. The van der Waals surface area contributed by atoms with Gasteiger partial charge in [0, 0.05) is 0 Å². The van der Waals surface area contributed by atoms with Crippen molar-refractivity contribution >= 4 is 60.1 Å². The van der Waals surface area contributed by atoms with Crippen LogP contribution in [0.15, 0.2) is 36.4 Å². The van der Waals surface area contributed by atoms with Gasteiger partial charge in [0.2, 0.25) is 0 Å². The highest BCUT2D eigenvalue weighted by Crippen LogP contribution is 2.35. The molecule has 3 aromatic rings. The van der Waals surface area contributed by atoms with Gasteiger partial charge in [0.05, 0.1) is 20.5 Å². The molecule has 0 spiro atoms. The Hall–Kier alpha value is -0.826. The molecule has 3 heteroatoms. The van der Waals surface area contributed by atoms with E-state index < -0.39 is 0 Å². The van der Waals surface area contributed by atoms with Gasteiger partial charge in [0.25, 0.3) is 0 Å². The molecule has 6 radical (unpaired) electrons. The zero-order chi connectivity index (χ0) is 10.4. The quantitative estimate of drug-likeness (QED) is 0.522. The van der Waals surface area contributed by atoms with E-state index >= 15 is 0 Å². The van der Waals surface area contributed by atoms with Crippen LogP contribution in [-0.4, -0.2) is 20.5 Å². The van der Waals surface area contributed by atoms with Gasteiger partial charge >= 0.3 is 0 Å². The molecule has 68 valence electrons. The lowest BCUT2D eigenvalue weighted by Gasteiger charge is -2.01. The second-order valence-corrected chi connectivity index (χ2v) is 5.95. The van der Waals surface area contributed by atoms with Gasteiger partial charge in [0.15, 0.2) is 0 Å². The number of fused-ring (bicyclic) bond motifs is 3. The Balaban J connectivity index is 2.63. The molecule has 15 heavy (non-hydrogen) atoms. The van der Waals surface area contributed by atoms with Crippen LogP contribution in [-0.2, 0) is 0 Å². The zero-order valence-corrected chi connectivity index (χ0v) is 11.0. The van der Waals surface area contributed by atoms with Gasteiger partial charge in [-0.25, -0.2) is 0 Å². The summed E-state index contributed by atoms with van der Waals surface area (Å²) in [7, 11) is 8.11. The Labute approximate surface area is 96.6 Å². The monoisotopic (exact) mass is 238 g/mol. The molecule has 1 unspecified atom stereocenters. The van der Waals surface area contributed by atoms with Crippen LogP contribution in [0.4, 0.5) is 0 Å². The minimum Gasteiger partial charge on any atom is -0.123 e. The van der Waals surface area contributed by atoms with E-state index in [0.29, 0.717) is 0 Å². The lowest BCUT2D eigenvalue weighted by molar-refractivity contribution is 1.87. The Morgan fingerprint density at radius 3 is 2.53 bits per heavy atom. The molecule has 0 bridgehead atoms. The van der Waals surface area contributed by atoms with E-state index in [1.165, 1.54) is 26.2 Å². The largest absolute Gasteiger partial charge is 0.123 e. The average Bonchev–Trinajstić information content (AvgIpc) is 2.62. The summed E-state index contributed by atoms with van der Waals surface area (Å²) < 4.78 is 0. The predicted molar refractivity (Wildman–Crippen MR) is 71.7 cm³/mol. The molecule has 0 aliphatic carbocycles. The van der Waals surface area contributed by atoms with Crippen LogP contribution < -0.4 is 10.4 Å². The molecule has 0 nitrogen and oxygen atoms in total. The molecule has 0 aliphatic heterocycles. The molecular weight excluding hydrogens is 231 g/mol. The third-order valence-electron chi connectivity index (χ3n) is 2.67. The summed E-state index contributed by atoms with van der Waals surface area (Å²) in [6.07, 6.45) is 0. The number of benzene rings is 2. The molecule has 0 amide bonds. The molecule has 2 aromatic carbocycles. The minimum absolute atomic E-state index is 0.791. The van der Waals surface area contributed by atoms with Crippen LogP contribution in [0.25, 0.3) is 21.0 Å². The van der Waals surface area contributed by atoms with Gasteiger partial charge in [0.1, 0.15) is 0 Å². The molecule has 1 atom stereocenters. The van der Waals surface area contributed by atoms with Crippen LogP contribution in [0.1, 0.15) is 0 Å². The first kappa shape index (κ1) is 9.40. The number of hydrogen-bond acceptors (Lipinski definition) is 0. The van der Waals surface area contributed by atoms with Gasteiger partial charge in [-0.2, -0.15) is 0 Å². The SMILES string of the molecule is [Si]c1ccc2[pH]c3ccccc3c2c1[Si]. The molecule has 1 aromatic heterocycles. The first-order valence-electron chi connectivity index (χ1n) is 4.74. The lowest BCUT2D eigenvalue weighted by Crippen LogP contribution is -2.25. The maximum atomic E-state index is 3.71. The van der Waals surface area contributed by atoms with Crippen molar-refractivity contribution in [2.75, 3.05) is 0 Å².